The van der Waals surface area contributed by atoms with Crippen LogP contribution in [-0.4, -0.2) is 9.91 Å². The predicted molar refractivity (Wildman–Crippen MR) is 69.3 cm³/mol. The number of hydrogen-bond donors (Lipinski definition) is 0. The van der Waals surface area contributed by atoms with Gasteiger partial charge in [-0.15, -0.1) is 0 Å². The third-order valence-electron chi connectivity index (χ3n) is 2.35. The second-order valence-corrected chi connectivity index (χ2v) is 4.41. The molecule has 0 bridgehead atoms. The number of hydrogen-bond acceptors (Lipinski definition) is 4. The zero-order chi connectivity index (χ0) is 13.8. The van der Waals surface area contributed by atoms with E-state index in [9.17, 15) is 14.5 Å². The van der Waals surface area contributed by atoms with Crippen molar-refractivity contribution in [1.29, 1.82) is 0 Å². The van der Waals surface area contributed by atoms with Gasteiger partial charge in [-0.05, 0) is 28.1 Å². The Bertz CT molecular complexity index is 604. The first-order valence-electron chi connectivity index (χ1n) is 5.24. The minimum absolute atomic E-state index is 0.0293. The summed E-state index contributed by atoms with van der Waals surface area (Å²) in [4.78, 5) is 13.7. The lowest BCUT2D eigenvalue weighted by molar-refractivity contribution is -0.385. The molecule has 0 fully saturated rings. The number of rotatable bonds is 4. The number of pyridine rings is 1. The van der Waals surface area contributed by atoms with E-state index in [0.29, 0.717) is 15.8 Å². The van der Waals surface area contributed by atoms with Crippen LogP contribution in [0.15, 0.2) is 41.0 Å². The second-order valence-electron chi connectivity index (χ2n) is 3.61. The number of benzene rings is 1. The van der Waals surface area contributed by atoms with Gasteiger partial charge in [0, 0.05) is 11.6 Å². The molecular formula is C12H8BrFN2O3. The first-order valence-corrected chi connectivity index (χ1v) is 6.03. The van der Waals surface area contributed by atoms with Crippen LogP contribution in [0.4, 0.5) is 10.1 Å². The van der Waals surface area contributed by atoms with E-state index in [1.807, 2.05) is 0 Å². The minimum atomic E-state index is -0.594. The van der Waals surface area contributed by atoms with Gasteiger partial charge in [0.25, 0.3) is 5.69 Å². The normalized spacial score (nSPS) is 10.2. The summed E-state index contributed by atoms with van der Waals surface area (Å²) in [6.07, 6.45) is 1.25. The summed E-state index contributed by atoms with van der Waals surface area (Å²) < 4.78 is 18.4. The summed E-state index contributed by atoms with van der Waals surface area (Å²) >= 11 is 3.17. The molecule has 1 heterocycles. The third kappa shape index (κ3) is 3.25. The number of aromatic nitrogens is 1. The first kappa shape index (κ1) is 13.4. The highest BCUT2D eigenvalue weighted by Gasteiger charge is 2.14. The SMILES string of the molecule is O=[N+]([O-])c1cccc(COc2ccc(F)nc2)c1Br. The Balaban J connectivity index is 2.13. The fraction of sp³-hybridized carbons (Fsp3) is 0.0833. The summed E-state index contributed by atoms with van der Waals surface area (Å²) in [6.45, 7) is 0.121. The Morgan fingerprint density at radius 1 is 1.37 bits per heavy atom. The van der Waals surface area contributed by atoms with Crippen molar-refractivity contribution in [1.82, 2.24) is 4.98 Å². The molecule has 0 aliphatic heterocycles. The summed E-state index contributed by atoms with van der Waals surface area (Å²) in [5.74, 6) is -0.205. The maximum atomic E-state index is 12.6. The number of halogens is 2. The molecule has 0 atom stereocenters. The van der Waals surface area contributed by atoms with Gasteiger partial charge in [0.15, 0.2) is 0 Å². The highest BCUT2D eigenvalue weighted by atomic mass is 79.9. The van der Waals surface area contributed by atoms with Crippen molar-refractivity contribution < 1.29 is 14.1 Å². The molecule has 0 saturated carbocycles. The first-order chi connectivity index (χ1) is 9.08. The molecule has 0 aliphatic rings. The molecule has 2 rings (SSSR count). The molecule has 7 heteroatoms. The van der Waals surface area contributed by atoms with E-state index >= 15 is 0 Å². The second kappa shape index (κ2) is 5.75. The molecule has 19 heavy (non-hydrogen) atoms. The lowest BCUT2D eigenvalue weighted by Crippen LogP contribution is -1.99. The number of nitro groups is 1. The van der Waals surface area contributed by atoms with Gasteiger partial charge in [0.1, 0.15) is 16.8 Å². The summed E-state index contributed by atoms with van der Waals surface area (Å²) in [6, 6.07) is 7.29. The molecule has 0 unspecified atom stereocenters. The fourth-order valence-electron chi connectivity index (χ4n) is 1.43. The Morgan fingerprint density at radius 2 is 2.16 bits per heavy atom. The molecule has 5 nitrogen and oxygen atoms in total. The van der Waals surface area contributed by atoms with Gasteiger partial charge in [-0.2, -0.15) is 4.39 Å². The molecule has 0 saturated heterocycles. The van der Waals surface area contributed by atoms with E-state index in [1.165, 1.54) is 24.4 Å². The average Bonchev–Trinajstić information content (AvgIpc) is 2.39. The van der Waals surface area contributed by atoms with Crippen molar-refractivity contribution in [3.05, 3.63) is 62.6 Å². The van der Waals surface area contributed by atoms with Gasteiger partial charge in [-0.1, -0.05) is 12.1 Å². The van der Waals surface area contributed by atoms with Crippen LogP contribution in [-0.2, 0) is 6.61 Å². The zero-order valence-corrected chi connectivity index (χ0v) is 11.1. The van der Waals surface area contributed by atoms with Crippen LogP contribution in [0, 0.1) is 16.1 Å². The van der Waals surface area contributed by atoms with E-state index in [0.717, 1.165) is 0 Å². The van der Waals surface area contributed by atoms with Crippen LogP contribution >= 0.6 is 15.9 Å². The van der Waals surface area contributed by atoms with Crippen LogP contribution in [0.5, 0.6) is 5.75 Å². The maximum Gasteiger partial charge on any atom is 0.283 e. The van der Waals surface area contributed by atoms with Gasteiger partial charge in [0.05, 0.1) is 11.1 Å². The Hall–Kier alpha value is -2.02. The van der Waals surface area contributed by atoms with Gasteiger partial charge >= 0.3 is 0 Å². The summed E-state index contributed by atoms with van der Waals surface area (Å²) in [5.41, 5.74) is 0.594. The highest BCUT2D eigenvalue weighted by Crippen LogP contribution is 2.29. The van der Waals surface area contributed by atoms with Crippen molar-refractivity contribution >= 4 is 21.6 Å². The van der Waals surface area contributed by atoms with Gasteiger partial charge < -0.3 is 4.74 Å². The Labute approximate surface area is 116 Å². The molecule has 0 N–H and O–H groups in total. The van der Waals surface area contributed by atoms with E-state index in [4.69, 9.17) is 4.74 Å². The van der Waals surface area contributed by atoms with Crippen LogP contribution < -0.4 is 4.74 Å². The van der Waals surface area contributed by atoms with Crippen molar-refractivity contribution in [3.63, 3.8) is 0 Å². The monoisotopic (exact) mass is 326 g/mol. The number of nitro benzene ring substituents is 1. The highest BCUT2D eigenvalue weighted by molar-refractivity contribution is 9.10. The lowest BCUT2D eigenvalue weighted by atomic mass is 10.2. The molecular weight excluding hydrogens is 319 g/mol. The summed E-state index contributed by atoms with van der Waals surface area (Å²) in [7, 11) is 0. The minimum Gasteiger partial charge on any atom is -0.487 e. The predicted octanol–water partition coefficient (Wildman–Crippen LogP) is 3.47. The largest absolute Gasteiger partial charge is 0.487 e. The van der Waals surface area contributed by atoms with E-state index in [1.54, 1.807) is 12.1 Å². The third-order valence-corrected chi connectivity index (χ3v) is 3.27. The molecule has 98 valence electrons. The Morgan fingerprint density at radius 3 is 2.79 bits per heavy atom. The smallest absolute Gasteiger partial charge is 0.283 e. The molecule has 1 aromatic carbocycles. The van der Waals surface area contributed by atoms with Crippen LogP contribution in [0.25, 0.3) is 0 Å². The van der Waals surface area contributed by atoms with E-state index < -0.39 is 10.9 Å². The average molecular weight is 327 g/mol. The molecule has 0 aliphatic carbocycles. The van der Waals surface area contributed by atoms with Crippen molar-refractivity contribution in [2.24, 2.45) is 0 Å². The molecule has 2 aromatic rings. The van der Waals surface area contributed by atoms with E-state index in [2.05, 4.69) is 20.9 Å². The van der Waals surface area contributed by atoms with Crippen LogP contribution in [0.2, 0.25) is 0 Å². The number of ether oxygens (including phenoxy) is 1. The Kier molecular flexibility index (Phi) is 4.06. The van der Waals surface area contributed by atoms with Gasteiger partial charge in [-0.25, -0.2) is 4.98 Å². The molecule has 0 radical (unpaired) electrons. The van der Waals surface area contributed by atoms with Crippen LogP contribution in [0.1, 0.15) is 5.56 Å². The fourth-order valence-corrected chi connectivity index (χ4v) is 1.95. The zero-order valence-electron chi connectivity index (χ0n) is 9.55. The standard InChI is InChI=1S/C12H8BrFN2O3/c13-12-8(2-1-3-10(12)16(17)18)7-19-9-4-5-11(14)15-6-9/h1-6H,7H2. The lowest BCUT2D eigenvalue weighted by Gasteiger charge is -2.07. The number of nitrogens with zero attached hydrogens (tertiary/aromatic N) is 2. The molecule has 0 amide bonds. The van der Waals surface area contributed by atoms with Gasteiger partial charge in [0.2, 0.25) is 5.95 Å². The van der Waals surface area contributed by atoms with E-state index in [-0.39, 0.29) is 12.3 Å². The molecule has 1 aromatic heterocycles. The topological polar surface area (TPSA) is 65.3 Å². The van der Waals surface area contributed by atoms with Crippen molar-refractivity contribution in [3.8, 4) is 5.75 Å². The van der Waals surface area contributed by atoms with Crippen molar-refractivity contribution in [2.75, 3.05) is 0 Å². The molecule has 0 spiro atoms. The van der Waals surface area contributed by atoms with Gasteiger partial charge in [-0.3, -0.25) is 10.1 Å². The van der Waals surface area contributed by atoms with Crippen LogP contribution in [0.3, 0.4) is 0 Å². The van der Waals surface area contributed by atoms with Crippen molar-refractivity contribution in [2.45, 2.75) is 6.61 Å². The quantitative estimate of drug-likeness (QED) is 0.490. The maximum absolute atomic E-state index is 12.6. The summed E-state index contributed by atoms with van der Waals surface area (Å²) in [5, 5.41) is 10.8.